The second-order valence-electron chi connectivity index (χ2n) is 2.79. The monoisotopic (exact) mass is 213 g/mol. The molecule has 0 spiro atoms. The summed E-state index contributed by atoms with van der Waals surface area (Å²) in [6.07, 6.45) is 0.322. The number of nitriles is 1. The number of phenolic OH excluding ortho intramolecular Hbond substituents is 1. The molecule has 0 fully saturated rings. The molecule has 0 heterocycles. The normalized spacial score (nSPS) is 10.0. The third kappa shape index (κ3) is 3.09. The molecule has 0 unspecified atom stereocenters. The molecule has 0 radical (unpaired) electrons. The number of nitrogens with zero attached hydrogens (tertiary/aromatic N) is 1. The maximum Gasteiger partial charge on any atom is 0.387 e. The van der Waals surface area contributed by atoms with Gasteiger partial charge >= 0.3 is 6.61 Å². The predicted molar refractivity (Wildman–Crippen MR) is 48.7 cm³/mol. The molecule has 1 rings (SSSR count). The molecule has 3 nitrogen and oxygen atoms in total. The molecule has 0 aliphatic heterocycles. The summed E-state index contributed by atoms with van der Waals surface area (Å²) in [4.78, 5) is 0. The first-order valence-corrected chi connectivity index (χ1v) is 4.27. The first-order chi connectivity index (χ1) is 7.15. The molecule has 0 saturated heterocycles. The summed E-state index contributed by atoms with van der Waals surface area (Å²) in [5, 5.41) is 17.8. The molecular formula is C10H9F2NO2. The van der Waals surface area contributed by atoms with E-state index in [1.165, 1.54) is 18.2 Å². The third-order valence-electron chi connectivity index (χ3n) is 1.81. The van der Waals surface area contributed by atoms with Gasteiger partial charge in [-0.2, -0.15) is 14.0 Å². The van der Waals surface area contributed by atoms with Crippen molar-refractivity contribution in [3.8, 4) is 17.6 Å². The minimum Gasteiger partial charge on any atom is -0.508 e. The summed E-state index contributed by atoms with van der Waals surface area (Å²) < 4.78 is 28.2. The molecule has 0 saturated carbocycles. The van der Waals surface area contributed by atoms with E-state index in [-0.39, 0.29) is 29.9 Å². The van der Waals surface area contributed by atoms with Crippen molar-refractivity contribution >= 4 is 0 Å². The zero-order chi connectivity index (χ0) is 11.3. The summed E-state index contributed by atoms with van der Waals surface area (Å²) in [6, 6.07) is 5.97. The Labute approximate surface area is 85.5 Å². The van der Waals surface area contributed by atoms with Crippen LogP contribution in [0.25, 0.3) is 0 Å². The van der Waals surface area contributed by atoms with Crippen molar-refractivity contribution in [1.29, 1.82) is 5.26 Å². The van der Waals surface area contributed by atoms with Crippen molar-refractivity contribution in [2.75, 3.05) is 0 Å². The average molecular weight is 213 g/mol. The van der Waals surface area contributed by atoms with Gasteiger partial charge in [-0.1, -0.05) is 6.07 Å². The van der Waals surface area contributed by atoms with E-state index < -0.39 is 6.61 Å². The molecule has 1 N–H and O–H groups in total. The van der Waals surface area contributed by atoms with Crippen molar-refractivity contribution in [1.82, 2.24) is 0 Å². The zero-order valence-electron chi connectivity index (χ0n) is 7.78. The second kappa shape index (κ2) is 5.15. The lowest BCUT2D eigenvalue weighted by molar-refractivity contribution is -0.0505. The van der Waals surface area contributed by atoms with Gasteiger partial charge in [0.15, 0.2) is 0 Å². The van der Waals surface area contributed by atoms with Crippen molar-refractivity contribution in [2.24, 2.45) is 0 Å². The Bertz CT molecular complexity index is 374. The average Bonchev–Trinajstić information content (AvgIpc) is 2.16. The Morgan fingerprint density at radius 3 is 2.80 bits per heavy atom. The Morgan fingerprint density at radius 1 is 1.47 bits per heavy atom. The highest BCUT2D eigenvalue weighted by atomic mass is 19.3. The number of halogens is 2. The SMILES string of the molecule is N#CCCc1c(O)cccc1OC(F)F. The fourth-order valence-electron chi connectivity index (χ4n) is 1.19. The van der Waals surface area contributed by atoms with Gasteiger partial charge in [0.2, 0.25) is 0 Å². The molecule has 15 heavy (non-hydrogen) atoms. The van der Waals surface area contributed by atoms with Gasteiger partial charge in [-0.25, -0.2) is 0 Å². The topological polar surface area (TPSA) is 53.2 Å². The van der Waals surface area contributed by atoms with Crippen LogP contribution < -0.4 is 4.74 Å². The van der Waals surface area contributed by atoms with Crippen LogP contribution in [0.5, 0.6) is 11.5 Å². The smallest absolute Gasteiger partial charge is 0.387 e. The van der Waals surface area contributed by atoms with Crippen molar-refractivity contribution in [3.63, 3.8) is 0 Å². The fourth-order valence-corrected chi connectivity index (χ4v) is 1.19. The fraction of sp³-hybridized carbons (Fsp3) is 0.300. The van der Waals surface area contributed by atoms with Gasteiger partial charge in [0, 0.05) is 12.0 Å². The lowest BCUT2D eigenvalue weighted by Crippen LogP contribution is -2.04. The van der Waals surface area contributed by atoms with E-state index >= 15 is 0 Å². The van der Waals surface area contributed by atoms with Gasteiger partial charge in [-0.05, 0) is 18.6 Å². The summed E-state index contributed by atoms with van der Waals surface area (Å²) in [6.45, 7) is -2.94. The van der Waals surface area contributed by atoms with Crippen LogP contribution in [0, 0.1) is 11.3 Å². The van der Waals surface area contributed by atoms with Crippen LogP contribution in [-0.4, -0.2) is 11.7 Å². The van der Waals surface area contributed by atoms with Gasteiger partial charge in [-0.3, -0.25) is 0 Å². The van der Waals surface area contributed by atoms with Gasteiger partial charge in [0.25, 0.3) is 0 Å². The predicted octanol–water partition coefficient (Wildman–Crippen LogP) is 2.45. The number of rotatable bonds is 4. The van der Waals surface area contributed by atoms with Crippen LogP contribution in [0.15, 0.2) is 18.2 Å². The van der Waals surface area contributed by atoms with Crippen LogP contribution >= 0.6 is 0 Å². The summed E-state index contributed by atoms with van der Waals surface area (Å²) >= 11 is 0. The number of ether oxygens (including phenoxy) is 1. The number of alkyl halides is 2. The van der Waals surface area contributed by atoms with E-state index in [1.807, 2.05) is 6.07 Å². The van der Waals surface area contributed by atoms with Crippen LogP contribution in [-0.2, 0) is 6.42 Å². The zero-order valence-corrected chi connectivity index (χ0v) is 7.78. The van der Waals surface area contributed by atoms with Crippen LogP contribution in [0.4, 0.5) is 8.78 Å². The molecule has 0 aromatic heterocycles. The molecule has 0 amide bonds. The highest BCUT2D eigenvalue weighted by Gasteiger charge is 2.12. The van der Waals surface area contributed by atoms with E-state index in [2.05, 4.69) is 4.74 Å². The van der Waals surface area contributed by atoms with E-state index in [9.17, 15) is 13.9 Å². The van der Waals surface area contributed by atoms with Gasteiger partial charge in [0.1, 0.15) is 11.5 Å². The molecule has 0 aliphatic carbocycles. The van der Waals surface area contributed by atoms with E-state index in [0.717, 1.165) is 0 Å². The Balaban J connectivity index is 2.93. The molecule has 1 aromatic rings. The largest absolute Gasteiger partial charge is 0.508 e. The number of phenols is 1. The molecule has 0 atom stereocenters. The number of aromatic hydroxyl groups is 1. The Hall–Kier alpha value is -1.83. The standard InChI is InChI=1S/C10H9F2NO2/c11-10(12)15-9-5-1-4-8(14)7(9)3-2-6-13/h1,4-5,10,14H,2-3H2. The number of hydrogen-bond donors (Lipinski definition) is 1. The van der Waals surface area contributed by atoms with Crippen LogP contribution in [0.1, 0.15) is 12.0 Å². The van der Waals surface area contributed by atoms with Crippen molar-refractivity contribution in [3.05, 3.63) is 23.8 Å². The lowest BCUT2D eigenvalue weighted by Gasteiger charge is -2.10. The second-order valence-corrected chi connectivity index (χ2v) is 2.79. The molecular weight excluding hydrogens is 204 g/mol. The molecule has 0 aliphatic rings. The van der Waals surface area contributed by atoms with Crippen LogP contribution in [0.3, 0.4) is 0 Å². The number of hydrogen-bond acceptors (Lipinski definition) is 3. The minimum absolute atomic E-state index is 0.0831. The maximum absolute atomic E-state index is 12.0. The van der Waals surface area contributed by atoms with Gasteiger partial charge < -0.3 is 9.84 Å². The lowest BCUT2D eigenvalue weighted by atomic mass is 10.1. The quantitative estimate of drug-likeness (QED) is 0.835. The Kier molecular flexibility index (Phi) is 3.86. The first kappa shape index (κ1) is 11.2. The van der Waals surface area contributed by atoms with Crippen molar-refractivity contribution in [2.45, 2.75) is 19.5 Å². The van der Waals surface area contributed by atoms with Crippen molar-refractivity contribution < 1.29 is 18.6 Å². The van der Waals surface area contributed by atoms with Gasteiger partial charge in [0.05, 0.1) is 6.07 Å². The first-order valence-electron chi connectivity index (χ1n) is 4.27. The highest BCUT2D eigenvalue weighted by molar-refractivity contribution is 5.44. The number of benzene rings is 1. The summed E-state index contributed by atoms with van der Waals surface area (Å²) in [5.74, 6) is -0.219. The van der Waals surface area contributed by atoms with E-state index in [1.54, 1.807) is 0 Å². The Morgan fingerprint density at radius 2 is 2.20 bits per heavy atom. The third-order valence-corrected chi connectivity index (χ3v) is 1.81. The highest BCUT2D eigenvalue weighted by Crippen LogP contribution is 2.29. The molecule has 1 aromatic carbocycles. The molecule has 80 valence electrons. The molecule has 5 heteroatoms. The maximum atomic E-state index is 12.0. The van der Waals surface area contributed by atoms with Crippen LogP contribution in [0.2, 0.25) is 0 Å². The van der Waals surface area contributed by atoms with Gasteiger partial charge in [-0.15, -0.1) is 0 Å². The van der Waals surface area contributed by atoms with E-state index in [0.29, 0.717) is 0 Å². The minimum atomic E-state index is -2.94. The molecule has 0 bridgehead atoms. The summed E-state index contributed by atoms with van der Waals surface area (Å²) in [5.41, 5.74) is 0.236. The van der Waals surface area contributed by atoms with E-state index in [4.69, 9.17) is 5.26 Å². The summed E-state index contributed by atoms with van der Waals surface area (Å²) in [7, 11) is 0.